The van der Waals surface area contributed by atoms with Crippen molar-refractivity contribution in [2.24, 2.45) is 0 Å². The van der Waals surface area contributed by atoms with Gasteiger partial charge in [0.25, 0.3) is 0 Å². The van der Waals surface area contributed by atoms with Crippen molar-refractivity contribution in [2.45, 2.75) is 41.0 Å². The fraction of sp³-hybridized carbons (Fsp3) is 0.286. The standard InChI is InChI=1S/C11H13F.C8H9N.C2H6/c1-3-4-6-10-7-5-8-11(12)9(10)2;1-7(2)8-5-3-4-6-9-8;1-2/h4-8H,3H2,1-2H3;3-6H,1H2,2H3;1-2H3/b6-4+;;. The van der Waals surface area contributed by atoms with Gasteiger partial charge in [0.1, 0.15) is 5.82 Å². The lowest BCUT2D eigenvalue weighted by Crippen LogP contribution is -1.85. The lowest BCUT2D eigenvalue weighted by molar-refractivity contribution is 0.618. The van der Waals surface area contributed by atoms with E-state index < -0.39 is 0 Å². The van der Waals surface area contributed by atoms with Crippen molar-refractivity contribution in [2.75, 3.05) is 0 Å². The molecule has 1 aromatic heterocycles. The summed E-state index contributed by atoms with van der Waals surface area (Å²) in [5, 5.41) is 0. The Bertz CT molecular complexity index is 600. The number of nitrogens with zero attached hydrogens (tertiary/aromatic N) is 1. The maximum Gasteiger partial charge on any atom is 0.126 e. The topological polar surface area (TPSA) is 12.9 Å². The molecule has 0 amide bonds. The number of hydrogen-bond donors (Lipinski definition) is 0. The van der Waals surface area contributed by atoms with Crippen molar-refractivity contribution in [3.8, 4) is 0 Å². The molecule has 0 bridgehead atoms. The summed E-state index contributed by atoms with van der Waals surface area (Å²) in [7, 11) is 0. The van der Waals surface area contributed by atoms with Gasteiger partial charge in [-0.15, -0.1) is 0 Å². The van der Waals surface area contributed by atoms with Crippen LogP contribution in [-0.2, 0) is 0 Å². The van der Waals surface area contributed by atoms with Gasteiger partial charge in [0, 0.05) is 6.20 Å². The fourth-order valence-electron chi connectivity index (χ4n) is 1.66. The van der Waals surface area contributed by atoms with Crippen molar-refractivity contribution in [1.82, 2.24) is 4.98 Å². The number of halogens is 1. The van der Waals surface area contributed by atoms with Crippen LogP contribution >= 0.6 is 0 Å². The Hall–Kier alpha value is -2.22. The van der Waals surface area contributed by atoms with Crippen LogP contribution in [0.2, 0.25) is 0 Å². The molecule has 0 spiro atoms. The Morgan fingerprint density at radius 3 is 2.35 bits per heavy atom. The minimum atomic E-state index is -0.131. The number of rotatable bonds is 3. The normalized spacial score (nSPS) is 9.48. The van der Waals surface area contributed by atoms with Gasteiger partial charge in [0.2, 0.25) is 0 Å². The molecule has 0 aliphatic carbocycles. The molecule has 2 rings (SSSR count). The summed E-state index contributed by atoms with van der Waals surface area (Å²) < 4.78 is 13.0. The number of aromatic nitrogens is 1. The largest absolute Gasteiger partial charge is 0.257 e. The van der Waals surface area contributed by atoms with Gasteiger partial charge < -0.3 is 0 Å². The van der Waals surface area contributed by atoms with Crippen LogP contribution < -0.4 is 0 Å². The molecule has 2 heteroatoms. The molecule has 1 heterocycles. The van der Waals surface area contributed by atoms with Crippen LogP contribution in [-0.4, -0.2) is 4.98 Å². The minimum absolute atomic E-state index is 0.131. The van der Waals surface area contributed by atoms with Crippen molar-refractivity contribution in [1.29, 1.82) is 0 Å². The van der Waals surface area contributed by atoms with E-state index in [1.54, 1.807) is 19.2 Å². The van der Waals surface area contributed by atoms with E-state index in [-0.39, 0.29) is 5.82 Å². The van der Waals surface area contributed by atoms with Crippen LogP contribution in [0.15, 0.2) is 55.3 Å². The van der Waals surface area contributed by atoms with Gasteiger partial charge in [-0.2, -0.15) is 0 Å². The molecule has 0 fully saturated rings. The Kier molecular flexibility index (Phi) is 11.1. The molecule has 0 aliphatic rings. The summed E-state index contributed by atoms with van der Waals surface area (Å²) in [6.45, 7) is 13.6. The van der Waals surface area contributed by atoms with Crippen molar-refractivity contribution in [3.63, 3.8) is 0 Å². The van der Waals surface area contributed by atoms with E-state index in [2.05, 4.69) is 18.5 Å². The summed E-state index contributed by atoms with van der Waals surface area (Å²) in [4.78, 5) is 4.08. The maximum atomic E-state index is 13.0. The van der Waals surface area contributed by atoms with Crippen molar-refractivity contribution < 1.29 is 4.39 Å². The molecular formula is C21H28FN. The summed E-state index contributed by atoms with van der Waals surface area (Å²) in [6.07, 6.45) is 6.74. The van der Waals surface area contributed by atoms with E-state index in [9.17, 15) is 4.39 Å². The predicted octanol–water partition coefficient (Wildman–Crippen LogP) is 6.70. The zero-order chi connectivity index (χ0) is 17.7. The second-order valence-corrected chi connectivity index (χ2v) is 4.76. The van der Waals surface area contributed by atoms with Gasteiger partial charge in [-0.25, -0.2) is 4.39 Å². The Balaban J connectivity index is 0.000000392. The molecular weight excluding hydrogens is 285 g/mol. The van der Waals surface area contributed by atoms with Gasteiger partial charge in [0.15, 0.2) is 0 Å². The number of hydrogen-bond acceptors (Lipinski definition) is 1. The average molecular weight is 313 g/mol. The summed E-state index contributed by atoms with van der Waals surface area (Å²) in [6, 6.07) is 10.9. The summed E-state index contributed by atoms with van der Waals surface area (Å²) in [5.41, 5.74) is 3.67. The Morgan fingerprint density at radius 2 is 1.87 bits per heavy atom. The molecule has 0 N–H and O–H groups in total. The minimum Gasteiger partial charge on any atom is -0.257 e. The Morgan fingerprint density at radius 1 is 1.17 bits per heavy atom. The summed E-state index contributed by atoms with van der Waals surface area (Å²) in [5.74, 6) is -0.131. The highest BCUT2D eigenvalue weighted by molar-refractivity contribution is 5.57. The van der Waals surface area contributed by atoms with Crippen LogP contribution in [0.4, 0.5) is 4.39 Å². The first-order valence-electron chi connectivity index (χ1n) is 8.04. The molecule has 124 valence electrons. The van der Waals surface area contributed by atoms with Crippen LogP contribution in [0, 0.1) is 12.7 Å². The van der Waals surface area contributed by atoms with E-state index >= 15 is 0 Å². The molecule has 0 radical (unpaired) electrons. The summed E-state index contributed by atoms with van der Waals surface area (Å²) >= 11 is 0. The smallest absolute Gasteiger partial charge is 0.126 e. The van der Waals surface area contributed by atoms with E-state index in [1.165, 1.54) is 6.07 Å². The van der Waals surface area contributed by atoms with Crippen molar-refractivity contribution >= 4 is 11.6 Å². The van der Waals surface area contributed by atoms with E-state index in [0.717, 1.165) is 28.8 Å². The first kappa shape index (κ1) is 20.8. The third-order valence-corrected chi connectivity index (χ3v) is 2.94. The number of pyridine rings is 1. The van der Waals surface area contributed by atoms with Gasteiger partial charge >= 0.3 is 0 Å². The first-order chi connectivity index (χ1) is 11.1. The van der Waals surface area contributed by atoms with Crippen LogP contribution in [0.3, 0.4) is 0 Å². The van der Waals surface area contributed by atoms with Crippen LogP contribution in [0.1, 0.15) is 50.9 Å². The van der Waals surface area contributed by atoms with E-state index in [1.807, 2.05) is 57.2 Å². The van der Waals surface area contributed by atoms with Crippen LogP contribution in [0.25, 0.3) is 11.6 Å². The fourth-order valence-corrected chi connectivity index (χ4v) is 1.66. The van der Waals surface area contributed by atoms with Gasteiger partial charge in [-0.3, -0.25) is 4.98 Å². The SMILES string of the molecule is C=C(C)c1ccccn1.CC.CC/C=C/c1cccc(F)c1C. The van der Waals surface area contributed by atoms with Gasteiger partial charge in [0.05, 0.1) is 5.69 Å². The zero-order valence-corrected chi connectivity index (χ0v) is 14.9. The van der Waals surface area contributed by atoms with Crippen molar-refractivity contribution in [3.05, 3.63) is 77.9 Å². The Labute approximate surface area is 140 Å². The highest BCUT2D eigenvalue weighted by atomic mass is 19.1. The average Bonchev–Trinajstić information content (AvgIpc) is 2.59. The number of benzene rings is 1. The third kappa shape index (κ3) is 8.10. The van der Waals surface area contributed by atoms with E-state index in [4.69, 9.17) is 0 Å². The second kappa shape index (κ2) is 12.3. The van der Waals surface area contributed by atoms with E-state index in [0.29, 0.717) is 0 Å². The van der Waals surface area contributed by atoms with Crippen LogP contribution in [0.5, 0.6) is 0 Å². The molecule has 0 atom stereocenters. The molecule has 1 aromatic carbocycles. The third-order valence-electron chi connectivity index (χ3n) is 2.94. The number of allylic oxidation sites excluding steroid dienone is 2. The monoisotopic (exact) mass is 313 g/mol. The zero-order valence-electron chi connectivity index (χ0n) is 14.9. The second-order valence-electron chi connectivity index (χ2n) is 4.76. The lowest BCUT2D eigenvalue weighted by Gasteiger charge is -1.99. The lowest BCUT2D eigenvalue weighted by atomic mass is 10.1. The first-order valence-corrected chi connectivity index (χ1v) is 8.04. The highest BCUT2D eigenvalue weighted by Gasteiger charge is 1.98. The molecule has 0 unspecified atom stereocenters. The molecule has 2 aromatic rings. The molecule has 0 saturated carbocycles. The van der Waals surface area contributed by atoms with Gasteiger partial charge in [-0.05, 0) is 55.2 Å². The van der Waals surface area contributed by atoms with Gasteiger partial charge in [-0.1, -0.05) is 57.7 Å². The molecule has 0 saturated heterocycles. The quantitative estimate of drug-likeness (QED) is 0.614. The molecule has 1 nitrogen and oxygen atoms in total. The molecule has 23 heavy (non-hydrogen) atoms. The maximum absolute atomic E-state index is 13.0. The molecule has 0 aliphatic heterocycles. The highest BCUT2D eigenvalue weighted by Crippen LogP contribution is 2.13. The predicted molar refractivity (Wildman–Crippen MR) is 101 cm³/mol.